The van der Waals surface area contributed by atoms with Gasteiger partial charge in [0.15, 0.2) is 5.58 Å². The largest absolute Gasteiger partial charge is 3.00 e. The molecule has 4 rings (SSSR count). The minimum Gasteiger partial charge on any atom is -0.436 e. The van der Waals surface area contributed by atoms with Crippen LogP contribution in [-0.2, 0) is 23.3 Å². The van der Waals surface area contributed by atoms with Crippen LogP contribution in [0.15, 0.2) is 52.9 Å². The van der Waals surface area contributed by atoms with Gasteiger partial charge in [-0.25, -0.2) is 4.98 Å². The Morgan fingerprint density at radius 1 is 0.708 bits per heavy atom. The van der Waals surface area contributed by atoms with Gasteiger partial charge in [0.05, 0.1) is 0 Å². The molecule has 0 spiro atoms. The number of fused-ring (bicyclic) bond motifs is 1. The van der Waals surface area contributed by atoms with E-state index in [1.54, 1.807) is 0 Å². The molecule has 0 aliphatic rings. The number of aromatic nitrogens is 4. The SMILES string of the molecule is CCCC[N-]c1nc([N-]CCCN(CCNCCN)CCNCCN)nc([N-]Cc2ccc(-c3nc4ccccc4o3)cc2)n1.O.O.[Co+3]. The Morgan fingerprint density at radius 2 is 1.29 bits per heavy atom. The van der Waals surface area contributed by atoms with E-state index in [0.717, 1.165) is 87.3 Å². The summed E-state index contributed by atoms with van der Waals surface area (Å²) in [6.07, 6.45) is 2.89. The van der Waals surface area contributed by atoms with E-state index >= 15 is 0 Å². The summed E-state index contributed by atoms with van der Waals surface area (Å²) < 4.78 is 5.90. The molecule has 2 aromatic heterocycles. The van der Waals surface area contributed by atoms with Gasteiger partial charge in [-0.2, -0.15) is 0 Å². The summed E-state index contributed by atoms with van der Waals surface area (Å²) in [5, 5.41) is 20.6. The predicted octanol–water partition coefficient (Wildman–Crippen LogP) is 2.83. The molecule has 0 unspecified atom stereocenters. The first-order chi connectivity index (χ1) is 22.2. The molecule has 15 nitrogen and oxygen atoms in total. The third-order valence-electron chi connectivity index (χ3n) is 7.00. The van der Waals surface area contributed by atoms with Crippen molar-refractivity contribution in [1.82, 2.24) is 35.5 Å². The summed E-state index contributed by atoms with van der Waals surface area (Å²) in [5.74, 6) is 1.67. The van der Waals surface area contributed by atoms with Crippen molar-refractivity contribution in [2.75, 3.05) is 72.0 Å². The van der Waals surface area contributed by atoms with Crippen LogP contribution >= 0.6 is 0 Å². The first-order valence-corrected chi connectivity index (χ1v) is 16.0. The second kappa shape index (κ2) is 24.7. The topological polar surface area (TPSA) is 249 Å². The number of nitrogens with one attached hydrogen (secondary N) is 2. The van der Waals surface area contributed by atoms with Gasteiger partial charge in [0, 0.05) is 82.3 Å². The average Bonchev–Trinajstić information content (AvgIpc) is 3.50. The summed E-state index contributed by atoms with van der Waals surface area (Å²) in [7, 11) is 0. The summed E-state index contributed by atoms with van der Waals surface area (Å²) >= 11 is 0. The molecule has 2 aromatic carbocycles. The summed E-state index contributed by atoms with van der Waals surface area (Å²) in [6, 6.07) is 15.7. The molecule has 10 N–H and O–H groups in total. The Balaban J connectivity index is 0.00000384. The van der Waals surface area contributed by atoms with Crippen molar-refractivity contribution < 1.29 is 32.1 Å². The van der Waals surface area contributed by atoms with E-state index < -0.39 is 0 Å². The van der Waals surface area contributed by atoms with Gasteiger partial charge in [0.25, 0.3) is 0 Å². The van der Waals surface area contributed by atoms with Crippen molar-refractivity contribution in [2.24, 2.45) is 11.5 Å². The normalized spacial score (nSPS) is 10.7. The van der Waals surface area contributed by atoms with Crippen molar-refractivity contribution in [2.45, 2.75) is 32.7 Å². The molecule has 0 saturated carbocycles. The van der Waals surface area contributed by atoms with Crippen molar-refractivity contribution in [3.8, 4) is 11.5 Å². The molecule has 48 heavy (non-hydrogen) atoms. The van der Waals surface area contributed by atoms with Crippen molar-refractivity contribution in [1.29, 1.82) is 0 Å². The number of unbranched alkanes of at least 4 members (excludes halogenated alkanes) is 1. The van der Waals surface area contributed by atoms with Gasteiger partial charge in [-0.1, -0.05) is 37.6 Å². The number of hydrogen-bond donors (Lipinski definition) is 4. The van der Waals surface area contributed by atoms with Gasteiger partial charge in [-0.05, 0) is 62.3 Å². The molecule has 0 amide bonds. The van der Waals surface area contributed by atoms with Gasteiger partial charge < -0.3 is 73.3 Å². The molecule has 4 aromatic rings. The monoisotopic (exact) mass is 710 g/mol. The second-order valence-electron chi connectivity index (χ2n) is 10.6. The number of oxazole rings is 1. The van der Waals surface area contributed by atoms with Gasteiger partial charge in [-0.3, -0.25) is 0 Å². The zero-order valence-corrected chi connectivity index (χ0v) is 28.7. The van der Waals surface area contributed by atoms with Gasteiger partial charge in [-0.15, -0.1) is 0 Å². The zero-order valence-electron chi connectivity index (χ0n) is 27.7. The van der Waals surface area contributed by atoms with Gasteiger partial charge >= 0.3 is 16.8 Å². The first-order valence-electron chi connectivity index (χ1n) is 16.0. The van der Waals surface area contributed by atoms with E-state index in [1.807, 2.05) is 48.5 Å². The van der Waals surface area contributed by atoms with Gasteiger partial charge in [0.2, 0.25) is 5.89 Å². The second-order valence-corrected chi connectivity index (χ2v) is 10.6. The first kappa shape index (κ1) is 42.6. The van der Waals surface area contributed by atoms with Crippen LogP contribution in [0, 0.1) is 0 Å². The Morgan fingerprint density at radius 3 is 1.88 bits per heavy atom. The Bertz CT molecular complexity index is 1350. The smallest absolute Gasteiger partial charge is 0.436 e. The van der Waals surface area contributed by atoms with Crippen LogP contribution in [0.1, 0.15) is 31.7 Å². The number of rotatable bonds is 23. The molecule has 0 aliphatic heterocycles. The minimum atomic E-state index is 0. The van der Waals surface area contributed by atoms with Crippen LogP contribution in [0.5, 0.6) is 0 Å². The number of benzene rings is 2. The molecule has 0 fully saturated rings. The van der Waals surface area contributed by atoms with E-state index in [4.69, 9.17) is 15.9 Å². The number of hydrogen-bond acceptors (Lipinski definition) is 10. The molecular weight excluding hydrogens is 659 g/mol. The third-order valence-corrected chi connectivity index (χ3v) is 7.00. The third kappa shape index (κ3) is 14.8. The molecule has 0 bridgehead atoms. The van der Waals surface area contributed by atoms with E-state index in [-0.39, 0.29) is 27.7 Å². The Hall–Kier alpha value is -3.45. The maximum absolute atomic E-state index is 5.90. The van der Waals surface area contributed by atoms with Crippen LogP contribution in [0.3, 0.4) is 0 Å². The molecule has 0 radical (unpaired) electrons. The molecule has 2 heterocycles. The van der Waals surface area contributed by atoms with Crippen LogP contribution in [0.2, 0.25) is 0 Å². The maximum Gasteiger partial charge on any atom is 3.00 e. The Kier molecular flexibility index (Phi) is 21.9. The minimum absolute atomic E-state index is 0. The quantitative estimate of drug-likeness (QED) is 0.0819. The van der Waals surface area contributed by atoms with Crippen LogP contribution in [0.25, 0.3) is 38.5 Å². The zero-order chi connectivity index (χ0) is 31.5. The standard InChI is InChI=1S/C32H47N12O.Co.2H2O/c1-2-3-15-37-30-41-31(38-16-6-21-44(22-19-35-17-13-33)23-20-36-18-14-34)43-32(42-30)39-24-25-9-11-26(12-10-25)29-40-27-7-4-5-8-28(27)45-29;;;/h4-5,7-12,35-36H,2-3,6,13-24,33-34H2,1H3;;2*1H2/q-3;+3;;. The number of nitrogens with zero attached hydrogens (tertiary/aromatic N) is 8. The molecule has 0 atom stereocenters. The van der Waals surface area contributed by atoms with Crippen molar-refractivity contribution >= 4 is 28.9 Å². The Labute approximate surface area is 293 Å². The summed E-state index contributed by atoms with van der Waals surface area (Å²) in [5.41, 5.74) is 14.7. The van der Waals surface area contributed by atoms with E-state index in [2.05, 4.69) is 58.3 Å². The molecule has 0 saturated heterocycles. The molecule has 0 aliphatic carbocycles. The van der Waals surface area contributed by atoms with Crippen molar-refractivity contribution in [3.63, 3.8) is 0 Å². The fourth-order valence-electron chi connectivity index (χ4n) is 4.54. The number of nitrogens with two attached hydrogens (primary N) is 2. The summed E-state index contributed by atoms with van der Waals surface area (Å²) in [4.78, 5) is 20.5. The predicted molar refractivity (Wildman–Crippen MR) is 189 cm³/mol. The number of para-hydroxylation sites is 2. The van der Waals surface area contributed by atoms with Crippen LogP contribution in [-0.4, -0.2) is 108 Å². The average molecular weight is 711 g/mol. The fraction of sp³-hybridized carbons (Fsp3) is 0.500. The van der Waals surface area contributed by atoms with Crippen LogP contribution in [0.4, 0.5) is 17.8 Å². The molecular formula is C32H51CoN12O3. The van der Waals surface area contributed by atoms with Crippen molar-refractivity contribution in [3.05, 3.63) is 70.0 Å². The van der Waals surface area contributed by atoms with Crippen LogP contribution < -0.4 is 22.1 Å². The molecule has 16 heteroatoms. The fourth-order valence-corrected chi connectivity index (χ4v) is 4.54. The summed E-state index contributed by atoms with van der Waals surface area (Å²) in [6.45, 7) is 11.3. The van der Waals surface area contributed by atoms with E-state index in [9.17, 15) is 0 Å². The van der Waals surface area contributed by atoms with Gasteiger partial charge in [0.1, 0.15) is 5.52 Å². The molecule has 266 valence electrons. The van der Waals surface area contributed by atoms with E-state index in [0.29, 0.717) is 56.5 Å². The van der Waals surface area contributed by atoms with E-state index in [1.165, 1.54) is 0 Å². The maximum atomic E-state index is 5.90.